The van der Waals surface area contributed by atoms with Crippen LogP contribution in [0.3, 0.4) is 0 Å². The van der Waals surface area contributed by atoms with E-state index in [2.05, 4.69) is 32.8 Å². The highest BCUT2D eigenvalue weighted by Gasteiger charge is 2.14. The Hall–Kier alpha value is -3.50. The summed E-state index contributed by atoms with van der Waals surface area (Å²) in [6, 6.07) is 13.5. The molecule has 7 heteroatoms. The number of halogens is 1. The SMILES string of the molecule is C=CCOc1c(Br)cc(/C=C(/C#N)C(=O)NCCc2c[nH]c3ccccc23)cc1OCC. The molecule has 0 spiro atoms. The van der Waals surface area contributed by atoms with E-state index in [1.54, 1.807) is 18.2 Å². The number of nitriles is 1. The molecule has 32 heavy (non-hydrogen) atoms. The molecule has 0 saturated carbocycles. The third-order valence-electron chi connectivity index (χ3n) is 4.71. The van der Waals surface area contributed by atoms with Crippen molar-refractivity contribution in [2.45, 2.75) is 13.3 Å². The van der Waals surface area contributed by atoms with Gasteiger partial charge in [0, 0.05) is 23.6 Å². The predicted molar refractivity (Wildman–Crippen MR) is 130 cm³/mol. The number of nitrogens with zero attached hydrogens (tertiary/aromatic N) is 1. The first-order valence-corrected chi connectivity index (χ1v) is 11.0. The Balaban J connectivity index is 1.72. The number of carbonyl (C=O) groups is 1. The number of ether oxygens (including phenoxy) is 2. The van der Waals surface area contributed by atoms with Crippen LogP contribution in [0.2, 0.25) is 0 Å². The largest absolute Gasteiger partial charge is 0.490 e. The van der Waals surface area contributed by atoms with Crippen molar-refractivity contribution in [3.8, 4) is 17.6 Å². The van der Waals surface area contributed by atoms with E-state index in [9.17, 15) is 10.1 Å². The molecular formula is C25H24BrN3O3. The summed E-state index contributed by atoms with van der Waals surface area (Å²) in [6.45, 7) is 6.72. The molecule has 0 saturated heterocycles. The van der Waals surface area contributed by atoms with E-state index >= 15 is 0 Å². The number of nitrogens with one attached hydrogen (secondary N) is 2. The summed E-state index contributed by atoms with van der Waals surface area (Å²) in [7, 11) is 0. The highest BCUT2D eigenvalue weighted by molar-refractivity contribution is 9.10. The topological polar surface area (TPSA) is 87.1 Å². The standard InChI is InChI=1S/C25H24BrN3O3/c1-3-11-32-24-21(26)13-17(14-23(24)31-4-2)12-19(15-27)25(30)28-10-9-18-16-29-22-8-6-5-7-20(18)22/h3,5-8,12-14,16,29H,1,4,9-11H2,2H3,(H,28,30)/b19-12-. The van der Waals surface area contributed by atoms with Crippen molar-refractivity contribution in [1.29, 1.82) is 5.26 Å². The minimum atomic E-state index is -0.423. The van der Waals surface area contributed by atoms with Gasteiger partial charge in [-0.1, -0.05) is 30.9 Å². The molecule has 0 radical (unpaired) electrons. The van der Waals surface area contributed by atoms with Crippen molar-refractivity contribution in [1.82, 2.24) is 10.3 Å². The van der Waals surface area contributed by atoms with E-state index in [4.69, 9.17) is 9.47 Å². The van der Waals surface area contributed by atoms with Gasteiger partial charge in [-0.15, -0.1) is 0 Å². The molecule has 0 aliphatic carbocycles. The maximum Gasteiger partial charge on any atom is 0.261 e. The lowest BCUT2D eigenvalue weighted by Crippen LogP contribution is -2.26. The number of hydrogen-bond donors (Lipinski definition) is 2. The Morgan fingerprint density at radius 3 is 2.88 bits per heavy atom. The third-order valence-corrected chi connectivity index (χ3v) is 5.30. The molecule has 0 fully saturated rings. The molecule has 2 N–H and O–H groups in total. The average Bonchev–Trinajstić information content (AvgIpc) is 3.20. The Kier molecular flexibility index (Phi) is 8.12. The van der Waals surface area contributed by atoms with Gasteiger partial charge in [-0.3, -0.25) is 4.79 Å². The van der Waals surface area contributed by atoms with Crippen LogP contribution in [0.15, 0.2) is 65.3 Å². The summed E-state index contributed by atoms with van der Waals surface area (Å²) in [6.07, 6.45) is 5.78. The summed E-state index contributed by atoms with van der Waals surface area (Å²) in [5.74, 6) is 0.644. The number of H-pyrrole nitrogens is 1. The summed E-state index contributed by atoms with van der Waals surface area (Å²) in [5.41, 5.74) is 2.83. The lowest BCUT2D eigenvalue weighted by molar-refractivity contribution is -0.117. The molecule has 0 aliphatic rings. The molecule has 3 rings (SSSR count). The summed E-state index contributed by atoms with van der Waals surface area (Å²) in [5, 5.41) is 13.5. The fourth-order valence-electron chi connectivity index (χ4n) is 3.28. The van der Waals surface area contributed by atoms with E-state index in [0.29, 0.717) is 47.7 Å². The van der Waals surface area contributed by atoms with Crippen LogP contribution in [-0.4, -0.2) is 30.6 Å². The molecule has 0 atom stereocenters. The minimum absolute atomic E-state index is 0.0121. The fraction of sp³-hybridized carbons (Fsp3) is 0.200. The zero-order valence-electron chi connectivity index (χ0n) is 17.8. The van der Waals surface area contributed by atoms with Crippen LogP contribution in [0.4, 0.5) is 0 Å². The third kappa shape index (κ3) is 5.59. The molecule has 6 nitrogen and oxygen atoms in total. The molecule has 0 unspecified atom stereocenters. The smallest absolute Gasteiger partial charge is 0.261 e. The number of amides is 1. The zero-order chi connectivity index (χ0) is 22.9. The van der Waals surface area contributed by atoms with Crippen molar-refractivity contribution >= 4 is 38.8 Å². The Bertz CT molecular complexity index is 1190. The van der Waals surface area contributed by atoms with Crippen molar-refractivity contribution in [2.75, 3.05) is 19.8 Å². The van der Waals surface area contributed by atoms with Crippen LogP contribution < -0.4 is 14.8 Å². The van der Waals surface area contributed by atoms with Crippen molar-refractivity contribution in [2.24, 2.45) is 0 Å². The van der Waals surface area contributed by atoms with Gasteiger partial charge in [0.1, 0.15) is 18.2 Å². The maximum absolute atomic E-state index is 12.6. The molecule has 0 bridgehead atoms. The summed E-state index contributed by atoms with van der Waals surface area (Å²) in [4.78, 5) is 15.8. The molecule has 1 heterocycles. The van der Waals surface area contributed by atoms with Crippen LogP contribution in [0, 0.1) is 11.3 Å². The summed E-state index contributed by atoms with van der Waals surface area (Å²) < 4.78 is 12.0. The number of aromatic amines is 1. The van der Waals surface area contributed by atoms with Crippen LogP contribution in [0.25, 0.3) is 17.0 Å². The van der Waals surface area contributed by atoms with Gasteiger partial charge in [-0.25, -0.2) is 0 Å². The fourth-order valence-corrected chi connectivity index (χ4v) is 3.85. The van der Waals surface area contributed by atoms with Crippen LogP contribution >= 0.6 is 15.9 Å². The Morgan fingerprint density at radius 2 is 2.12 bits per heavy atom. The highest BCUT2D eigenvalue weighted by atomic mass is 79.9. The second-order valence-electron chi connectivity index (χ2n) is 6.90. The number of benzene rings is 2. The number of fused-ring (bicyclic) bond motifs is 1. The van der Waals surface area contributed by atoms with Crippen molar-refractivity contribution in [3.63, 3.8) is 0 Å². The first-order chi connectivity index (χ1) is 15.6. The van der Waals surface area contributed by atoms with Gasteiger partial charge in [0.2, 0.25) is 0 Å². The molecule has 1 aromatic heterocycles. The molecule has 2 aromatic carbocycles. The molecule has 1 amide bonds. The van der Waals surface area contributed by atoms with Gasteiger partial charge < -0.3 is 19.8 Å². The molecular weight excluding hydrogens is 470 g/mol. The zero-order valence-corrected chi connectivity index (χ0v) is 19.4. The molecule has 0 aliphatic heterocycles. The highest BCUT2D eigenvalue weighted by Crippen LogP contribution is 2.37. The van der Waals surface area contributed by atoms with Gasteiger partial charge in [0.15, 0.2) is 11.5 Å². The van der Waals surface area contributed by atoms with Crippen molar-refractivity contribution < 1.29 is 14.3 Å². The lowest BCUT2D eigenvalue weighted by atomic mass is 10.1. The second-order valence-corrected chi connectivity index (χ2v) is 7.75. The van der Waals surface area contributed by atoms with Gasteiger partial charge in [-0.2, -0.15) is 5.26 Å². The average molecular weight is 494 g/mol. The molecule has 164 valence electrons. The van der Waals surface area contributed by atoms with Crippen molar-refractivity contribution in [3.05, 3.63) is 76.4 Å². The monoisotopic (exact) mass is 493 g/mol. The van der Waals surface area contributed by atoms with E-state index in [-0.39, 0.29) is 5.57 Å². The number of rotatable bonds is 10. The quantitative estimate of drug-likeness (QED) is 0.232. The Labute approximate surface area is 195 Å². The maximum atomic E-state index is 12.6. The first-order valence-electron chi connectivity index (χ1n) is 10.2. The van der Waals surface area contributed by atoms with E-state index in [1.165, 1.54) is 6.08 Å². The summed E-state index contributed by atoms with van der Waals surface area (Å²) >= 11 is 3.48. The Morgan fingerprint density at radius 1 is 1.31 bits per heavy atom. The van der Waals surface area contributed by atoms with E-state index in [1.807, 2.05) is 43.5 Å². The van der Waals surface area contributed by atoms with Crippen LogP contribution in [0.1, 0.15) is 18.1 Å². The van der Waals surface area contributed by atoms with Gasteiger partial charge in [0.05, 0.1) is 11.1 Å². The molecule has 3 aromatic rings. The lowest BCUT2D eigenvalue weighted by Gasteiger charge is -2.14. The second kappa shape index (κ2) is 11.2. The first kappa shape index (κ1) is 23.2. The number of hydrogen-bond acceptors (Lipinski definition) is 4. The van der Waals surface area contributed by atoms with Gasteiger partial charge in [0.25, 0.3) is 5.91 Å². The number of para-hydroxylation sites is 1. The van der Waals surface area contributed by atoms with Gasteiger partial charge in [-0.05, 0) is 64.7 Å². The van der Waals surface area contributed by atoms with Crippen LogP contribution in [-0.2, 0) is 11.2 Å². The predicted octanol–water partition coefficient (Wildman–Crippen LogP) is 5.16. The van der Waals surface area contributed by atoms with Gasteiger partial charge >= 0.3 is 0 Å². The normalized spacial score (nSPS) is 11.1. The minimum Gasteiger partial charge on any atom is -0.490 e. The van der Waals surface area contributed by atoms with E-state index < -0.39 is 5.91 Å². The number of carbonyl (C=O) groups excluding carboxylic acids is 1. The van der Waals surface area contributed by atoms with Crippen LogP contribution in [0.5, 0.6) is 11.5 Å². The van der Waals surface area contributed by atoms with E-state index in [0.717, 1.165) is 16.5 Å². The number of aromatic nitrogens is 1.